The number of anilines is 1. The Hall–Kier alpha value is -1.42. The fourth-order valence-electron chi connectivity index (χ4n) is 1.05. The first-order chi connectivity index (χ1) is 6.27. The van der Waals surface area contributed by atoms with Gasteiger partial charge < -0.3 is 0 Å². The van der Waals surface area contributed by atoms with Gasteiger partial charge in [0.2, 0.25) is 0 Å². The molecule has 2 rings (SSSR count). The van der Waals surface area contributed by atoms with Crippen LogP contribution in [0.3, 0.4) is 0 Å². The first-order valence-electron chi connectivity index (χ1n) is 3.75. The number of halogens is 1. The summed E-state index contributed by atoms with van der Waals surface area (Å²) in [5.74, 6) is 0.376. The van der Waals surface area contributed by atoms with E-state index in [1.54, 1.807) is 24.4 Å². The Balaban J connectivity index is 2.35. The number of pyridine rings is 1. The topological polar surface area (TPSA) is 45.6 Å². The number of amides is 1. The molecule has 0 aliphatic carbocycles. The van der Waals surface area contributed by atoms with E-state index in [2.05, 4.69) is 10.1 Å². The highest BCUT2D eigenvalue weighted by atomic mass is 35.5. The zero-order chi connectivity index (χ0) is 9.26. The molecule has 1 aromatic rings. The highest BCUT2D eigenvalue weighted by Crippen LogP contribution is 2.17. The van der Waals surface area contributed by atoms with E-state index in [9.17, 15) is 4.79 Å². The van der Waals surface area contributed by atoms with Crippen molar-refractivity contribution in [3.63, 3.8) is 0 Å². The first kappa shape index (κ1) is 8.19. The molecule has 2 heterocycles. The van der Waals surface area contributed by atoms with E-state index in [0.29, 0.717) is 17.4 Å². The lowest BCUT2D eigenvalue weighted by Gasteiger charge is -2.09. The van der Waals surface area contributed by atoms with Crippen molar-refractivity contribution >= 4 is 29.5 Å². The lowest BCUT2D eigenvalue weighted by molar-refractivity contribution is -0.116. The fourth-order valence-corrected chi connectivity index (χ4v) is 1.21. The number of hydrogen-bond acceptors (Lipinski definition) is 3. The van der Waals surface area contributed by atoms with E-state index in [4.69, 9.17) is 11.6 Å². The van der Waals surface area contributed by atoms with Crippen molar-refractivity contribution < 1.29 is 4.79 Å². The molecule has 0 unspecified atom stereocenters. The standard InChI is InChI=1S/C8H6ClN3O/c9-6-2-1-3-7(11-6)12-8(13)4-5-10-12/h1-3,5H,4H2. The second kappa shape index (κ2) is 3.14. The molecule has 4 nitrogen and oxygen atoms in total. The summed E-state index contributed by atoms with van der Waals surface area (Å²) in [5, 5.41) is 5.46. The van der Waals surface area contributed by atoms with Gasteiger partial charge in [-0.25, -0.2) is 4.98 Å². The number of aromatic nitrogens is 1. The van der Waals surface area contributed by atoms with Gasteiger partial charge in [0, 0.05) is 6.21 Å². The summed E-state index contributed by atoms with van der Waals surface area (Å²) in [5.41, 5.74) is 0. The van der Waals surface area contributed by atoms with Crippen LogP contribution in [0.25, 0.3) is 0 Å². The molecule has 0 spiro atoms. The highest BCUT2D eigenvalue weighted by molar-refractivity contribution is 6.29. The van der Waals surface area contributed by atoms with E-state index in [-0.39, 0.29) is 5.91 Å². The van der Waals surface area contributed by atoms with Crippen molar-refractivity contribution in [3.8, 4) is 0 Å². The highest BCUT2D eigenvalue weighted by Gasteiger charge is 2.19. The molecule has 1 aliphatic heterocycles. The maximum atomic E-state index is 11.2. The number of hydrazone groups is 1. The van der Waals surface area contributed by atoms with Gasteiger partial charge in [-0.1, -0.05) is 17.7 Å². The molecule has 0 fully saturated rings. The van der Waals surface area contributed by atoms with Crippen molar-refractivity contribution in [1.29, 1.82) is 0 Å². The van der Waals surface area contributed by atoms with Gasteiger partial charge in [-0.05, 0) is 12.1 Å². The monoisotopic (exact) mass is 195 g/mol. The van der Waals surface area contributed by atoms with Crippen LogP contribution in [0.4, 0.5) is 5.82 Å². The van der Waals surface area contributed by atoms with Crippen molar-refractivity contribution in [1.82, 2.24) is 4.98 Å². The van der Waals surface area contributed by atoms with Gasteiger partial charge in [0.15, 0.2) is 5.82 Å². The van der Waals surface area contributed by atoms with E-state index >= 15 is 0 Å². The van der Waals surface area contributed by atoms with E-state index < -0.39 is 0 Å². The van der Waals surface area contributed by atoms with Crippen molar-refractivity contribution in [3.05, 3.63) is 23.4 Å². The molecule has 1 aliphatic rings. The largest absolute Gasteiger partial charge is 0.272 e. The molecule has 0 radical (unpaired) electrons. The quantitative estimate of drug-likeness (QED) is 0.637. The minimum absolute atomic E-state index is 0.0882. The van der Waals surface area contributed by atoms with Crippen LogP contribution < -0.4 is 5.01 Å². The predicted molar refractivity (Wildman–Crippen MR) is 49.8 cm³/mol. The molecule has 0 saturated carbocycles. The number of nitrogens with zero attached hydrogens (tertiary/aromatic N) is 3. The lowest BCUT2D eigenvalue weighted by atomic mass is 10.4. The minimum Gasteiger partial charge on any atom is -0.272 e. The third-order valence-electron chi connectivity index (χ3n) is 1.62. The number of carbonyl (C=O) groups is 1. The summed E-state index contributed by atoms with van der Waals surface area (Å²) in [6, 6.07) is 5.06. The molecule has 0 saturated heterocycles. The maximum Gasteiger partial charge on any atom is 0.254 e. The van der Waals surface area contributed by atoms with Gasteiger partial charge in [-0.2, -0.15) is 10.1 Å². The van der Waals surface area contributed by atoms with Crippen LogP contribution in [0.15, 0.2) is 23.3 Å². The molecule has 5 heteroatoms. The Morgan fingerprint density at radius 1 is 1.46 bits per heavy atom. The third-order valence-corrected chi connectivity index (χ3v) is 1.83. The average Bonchev–Trinajstić information content (AvgIpc) is 2.51. The predicted octanol–water partition coefficient (Wildman–Crippen LogP) is 1.46. The molecule has 13 heavy (non-hydrogen) atoms. The molecule has 0 atom stereocenters. The molecule has 0 bridgehead atoms. The maximum absolute atomic E-state index is 11.2. The number of carbonyl (C=O) groups excluding carboxylic acids is 1. The number of hydrogen-bond donors (Lipinski definition) is 0. The summed E-state index contributed by atoms with van der Waals surface area (Å²) in [4.78, 5) is 15.2. The molecule has 1 aromatic heterocycles. The summed E-state index contributed by atoms with van der Waals surface area (Å²) in [7, 11) is 0. The van der Waals surface area contributed by atoms with Gasteiger partial charge in [-0.3, -0.25) is 4.79 Å². The van der Waals surface area contributed by atoms with Crippen LogP contribution in [-0.4, -0.2) is 17.1 Å². The molecule has 0 N–H and O–H groups in total. The third kappa shape index (κ3) is 1.53. The molecular formula is C8H6ClN3O. The van der Waals surface area contributed by atoms with Crippen molar-refractivity contribution in [2.45, 2.75) is 6.42 Å². The first-order valence-corrected chi connectivity index (χ1v) is 4.13. The summed E-state index contributed by atoms with van der Waals surface area (Å²) < 4.78 is 0. The van der Waals surface area contributed by atoms with Crippen LogP contribution in [0, 0.1) is 0 Å². The second-order valence-corrected chi connectivity index (χ2v) is 2.91. The molecule has 1 amide bonds. The number of rotatable bonds is 1. The van der Waals surface area contributed by atoms with Crippen LogP contribution in [-0.2, 0) is 4.79 Å². The fraction of sp³-hybridized carbons (Fsp3) is 0.125. The van der Waals surface area contributed by atoms with Crippen LogP contribution in [0.5, 0.6) is 0 Å². The Morgan fingerprint density at radius 3 is 2.92 bits per heavy atom. The van der Waals surface area contributed by atoms with Gasteiger partial charge in [0.05, 0.1) is 6.42 Å². The van der Waals surface area contributed by atoms with Gasteiger partial charge in [0.1, 0.15) is 5.15 Å². The Kier molecular flexibility index (Phi) is 1.98. The zero-order valence-corrected chi connectivity index (χ0v) is 7.40. The van der Waals surface area contributed by atoms with E-state index in [1.807, 2.05) is 0 Å². The van der Waals surface area contributed by atoms with Gasteiger partial charge in [-0.15, -0.1) is 0 Å². The molecule has 0 aromatic carbocycles. The van der Waals surface area contributed by atoms with Crippen molar-refractivity contribution in [2.75, 3.05) is 5.01 Å². The second-order valence-electron chi connectivity index (χ2n) is 2.53. The van der Waals surface area contributed by atoms with Gasteiger partial charge >= 0.3 is 0 Å². The van der Waals surface area contributed by atoms with Crippen LogP contribution >= 0.6 is 11.6 Å². The summed E-state index contributed by atoms with van der Waals surface area (Å²) >= 11 is 5.67. The molecular weight excluding hydrogens is 190 g/mol. The van der Waals surface area contributed by atoms with E-state index in [0.717, 1.165) is 0 Å². The van der Waals surface area contributed by atoms with E-state index in [1.165, 1.54) is 5.01 Å². The molecule has 66 valence electrons. The lowest BCUT2D eigenvalue weighted by Crippen LogP contribution is -2.20. The Labute approximate surface area is 79.8 Å². The smallest absolute Gasteiger partial charge is 0.254 e. The van der Waals surface area contributed by atoms with Crippen LogP contribution in [0.1, 0.15) is 6.42 Å². The normalized spacial score (nSPS) is 15.5. The summed E-state index contributed by atoms with van der Waals surface area (Å²) in [6.45, 7) is 0. The average molecular weight is 196 g/mol. The minimum atomic E-state index is -0.0882. The summed E-state index contributed by atoms with van der Waals surface area (Å²) in [6.07, 6.45) is 1.87. The Bertz CT molecular complexity index is 377. The zero-order valence-electron chi connectivity index (χ0n) is 6.64. The van der Waals surface area contributed by atoms with Crippen molar-refractivity contribution in [2.24, 2.45) is 5.10 Å². The van der Waals surface area contributed by atoms with Gasteiger partial charge in [0.25, 0.3) is 5.91 Å². The SMILES string of the molecule is O=C1CC=NN1c1cccc(Cl)n1. The Morgan fingerprint density at radius 2 is 2.31 bits per heavy atom. The van der Waals surface area contributed by atoms with Crippen LogP contribution in [0.2, 0.25) is 5.15 Å².